The molecule has 2 rings (SSSR count). The minimum atomic E-state index is 0.761. The maximum atomic E-state index is 3.45. The van der Waals surface area contributed by atoms with E-state index >= 15 is 0 Å². The summed E-state index contributed by atoms with van der Waals surface area (Å²) >= 11 is 0. The average molecular weight is 225 g/mol. The summed E-state index contributed by atoms with van der Waals surface area (Å²) in [5.74, 6) is 0. The minimum Gasteiger partial charge on any atom is -0.317 e. The molecule has 2 fully saturated rings. The Balaban J connectivity index is 1.84. The standard InChI is InChI=1S/C13H27N3/c1-14-11-5-4-6-12(9-11)16-8-7-13(10-16)15(2)3/h11-14H,4-10H2,1-3H3. The fourth-order valence-corrected chi connectivity index (χ4v) is 3.28. The Morgan fingerprint density at radius 3 is 2.62 bits per heavy atom. The maximum absolute atomic E-state index is 3.45. The zero-order valence-corrected chi connectivity index (χ0v) is 11.1. The third-order valence-corrected chi connectivity index (χ3v) is 4.50. The summed E-state index contributed by atoms with van der Waals surface area (Å²) in [6.07, 6.45) is 6.90. The number of rotatable bonds is 3. The first-order chi connectivity index (χ1) is 7.70. The van der Waals surface area contributed by atoms with Crippen LogP contribution >= 0.6 is 0 Å². The molecule has 0 aromatic heterocycles. The van der Waals surface area contributed by atoms with Crippen LogP contribution in [0.4, 0.5) is 0 Å². The van der Waals surface area contributed by atoms with Gasteiger partial charge in [0, 0.05) is 31.2 Å². The molecule has 0 aromatic carbocycles. The molecule has 1 aliphatic carbocycles. The SMILES string of the molecule is CNC1CCCC(N2CCC(N(C)C)C2)C1. The van der Waals surface area contributed by atoms with Gasteiger partial charge in [-0.3, -0.25) is 4.90 Å². The van der Waals surface area contributed by atoms with Crippen molar-refractivity contribution in [3.63, 3.8) is 0 Å². The van der Waals surface area contributed by atoms with Crippen LogP contribution in [0.1, 0.15) is 32.1 Å². The molecule has 3 unspecified atom stereocenters. The van der Waals surface area contributed by atoms with Crippen LogP contribution in [0.25, 0.3) is 0 Å². The Labute approximate surface area is 100 Å². The van der Waals surface area contributed by atoms with E-state index in [1.807, 2.05) is 0 Å². The molecule has 2 aliphatic rings. The topological polar surface area (TPSA) is 18.5 Å². The van der Waals surface area contributed by atoms with Crippen LogP contribution in [-0.2, 0) is 0 Å². The second-order valence-electron chi connectivity index (χ2n) is 5.71. The molecule has 0 amide bonds. The van der Waals surface area contributed by atoms with E-state index in [9.17, 15) is 0 Å². The fraction of sp³-hybridized carbons (Fsp3) is 1.00. The summed E-state index contributed by atoms with van der Waals surface area (Å²) in [4.78, 5) is 5.12. The number of hydrogen-bond donors (Lipinski definition) is 1. The zero-order valence-electron chi connectivity index (χ0n) is 11.1. The van der Waals surface area contributed by atoms with Crippen molar-refractivity contribution in [2.24, 2.45) is 0 Å². The van der Waals surface area contributed by atoms with Gasteiger partial charge >= 0.3 is 0 Å². The second-order valence-corrected chi connectivity index (χ2v) is 5.71. The molecule has 1 N–H and O–H groups in total. The van der Waals surface area contributed by atoms with E-state index in [1.165, 1.54) is 45.2 Å². The largest absolute Gasteiger partial charge is 0.317 e. The lowest BCUT2D eigenvalue weighted by atomic mass is 9.90. The molecule has 94 valence electrons. The van der Waals surface area contributed by atoms with E-state index in [0.29, 0.717) is 0 Å². The first kappa shape index (κ1) is 12.3. The number of hydrogen-bond acceptors (Lipinski definition) is 3. The summed E-state index contributed by atoms with van der Waals surface area (Å²) < 4.78 is 0. The minimum absolute atomic E-state index is 0.761. The highest BCUT2D eigenvalue weighted by Crippen LogP contribution is 2.26. The molecule has 1 heterocycles. The number of nitrogens with one attached hydrogen (secondary N) is 1. The molecular weight excluding hydrogens is 198 g/mol. The Bertz CT molecular complexity index is 217. The van der Waals surface area contributed by atoms with Gasteiger partial charge in [-0.05, 0) is 46.8 Å². The molecule has 0 aromatic rings. The number of likely N-dealkylation sites (tertiary alicyclic amines) is 1. The van der Waals surface area contributed by atoms with E-state index in [2.05, 4.69) is 36.3 Å². The molecule has 1 saturated carbocycles. The Morgan fingerprint density at radius 1 is 1.19 bits per heavy atom. The van der Waals surface area contributed by atoms with Crippen molar-refractivity contribution >= 4 is 0 Å². The van der Waals surface area contributed by atoms with E-state index in [1.54, 1.807) is 0 Å². The van der Waals surface area contributed by atoms with Crippen molar-refractivity contribution in [1.82, 2.24) is 15.1 Å². The normalized spacial score (nSPS) is 37.1. The first-order valence-electron chi connectivity index (χ1n) is 6.78. The Kier molecular flexibility index (Phi) is 4.22. The van der Waals surface area contributed by atoms with Crippen LogP contribution in [0.15, 0.2) is 0 Å². The lowest BCUT2D eigenvalue weighted by Gasteiger charge is -2.35. The maximum Gasteiger partial charge on any atom is 0.0229 e. The Morgan fingerprint density at radius 2 is 2.00 bits per heavy atom. The lowest BCUT2D eigenvalue weighted by Crippen LogP contribution is -2.43. The summed E-state index contributed by atoms with van der Waals surface area (Å²) in [5.41, 5.74) is 0. The molecule has 3 atom stereocenters. The van der Waals surface area contributed by atoms with Crippen molar-refractivity contribution in [2.75, 3.05) is 34.2 Å². The highest BCUT2D eigenvalue weighted by Gasteiger charge is 2.31. The smallest absolute Gasteiger partial charge is 0.0229 e. The summed E-state index contributed by atoms with van der Waals surface area (Å²) in [6, 6.07) is 2.39. The van der Waals surface area contributed by atoms with Gasteiger partial charge in [0.15, 0.2) is 0 Å². The van der Waals surface area contributed by atoms with E-state index < -0.39 is 0 Å². The van der Waals surface area contributed by atoms with Gasteiger partial charge in [-0.2, -0.15) is 0 Å². The fourth-order valence-electron chi connectivity index (χ4n) is 3.28. The molecule has 3 heteroatoms. The third kappa shape index (κ3) is 2.76. The van der Waals surface area contributed by atoms with Crippen molar-refractivity contribution in [1.29, 1.82) is 0 Å². The van der Waals surface area contributed by atoms with Crippen molar-refractivity contribution in [2.45, 2.75) is 50.2 Å². The van der Waals surface area contributed by atoms with Crippen LogP contribution < -0.4 is 5.32 Å². The average Bonchev–Trinajstić information content (AvgIpc) is 2.78. The van der Waals surface area contributed by atoms with Gasteiger partial charge in [0.1, 0.15) is 0 Å². The third-order valence-electron chi connectivity index (χ3n) is 4.50. The molecule has 0 spiro atoms. The molecule has 16 heavy (non-hydrogen) atoms. The molecule has 3 nitrogen and oxygen atoms in total. The number of likely N-dealkylation sites (N-methyl/N-ethyl adjacent to an activating group) is 1. The zero-order chi connectivity index (χ0) is 11.5. The molecule has 1 saturated heterocycles. The van der Waals surface area contributed by atoms with E-state index in [0.717, 1.165) is 18.1 Å². The molecular formula is C13H27N3. The lowest BCUT2D eigenvalue weighted by molar-refractivity contribution is 0.159. The van der Waals surface area contributed by atoms with Crippen LogP contribution in [0.3, 0.4) is 0 Å². The summed E-state index contributed by atoms with van der Waals surface area (Å²) in [7, 11) is 6.54. The van der Waals surface area contributed by atoms with Crippen LogP contribution in [0.2, 0.25) is 0 Å². The van der Waals surface area contributed by atoms with Crippen molar-refractivity contribution in [3.8, 4) is 0 Å². The predicted molar refractivity (Wildman–Crippen MR) is 68.8 cm³/mol. The highest BCUT2D eigenvalue weighted by molar-refractivity contribution is 4.89. The van der Waals surface area contributed by atoms with Crippen LogP contribution in [-0.4, -0.2) is 62.2 Å². The van der Waals surface area contributed by atoms with Crippen LogP contribution in [0, 0.1) is 0 Å². The van der Waals surface area contributed by atoms with Crippen molar-refractivity contribution < 1.29 is 0 Å². The summed E-state index contributed by atoms with van der Waals surface area (Å²) in [6.45, 7) is 2.60. The van der Waals surface area contributed by atoms with E-state index in [-0.39, 0.29) is 0 Å². The number of nitrogens with zero attached hydrogens (tertiary/aromatic N) is 2. The van der Waals surface area contributed by atoms with Gasteiger partial charge in [0.05, 0.1) is 0 Å². The molecule has 0 radical (unpaired) electrons. The van der Waals surface area contributed by atoms with Gasteiger partial charge in [-0.15, -0.1) is 0 Å². The predicted octanol–water partition coefficient (Wildman–Crippen LogP) is 1.15. The second kappa shape index (κ2) is 5.48. The molecule has 0 bridgehead atoms. The van der Waals surface area contributed by atoms with Gasteiger partial charge in [-0.25, -0.2) is 0 Å². The van der Waals surface area contributed by atoms with E-state index in [4.69, 9.17) is 0 Å². The highest BCUT2D eigenvalue weighted by atomic mass is 15.2. The summed E-state index contributed by atoms with van der Waals surface area (Å²) in [5, 5.41) is 3.45. The van der Waals surface area contributed by atoms with Gasteiger partial charge in [0.25, 0.3) is 0 Å². The first-order valence-corrected chi connectivity index (χ1v) is 6.78. The van der Waals surface area contributed by atoms with Crippen LogP contribution in [0.5, 0.6) is 0 Å². The quantitative estimate of drug-likeness (QED) is 0.777. The monoisotopic (exact) mass is 225 g/mol. The Hall–Kier alpha value is -0.120. The van der Waals surface area contributed by atoms with Gasteiger partial charge in [-0.1, -0.05) is 6.42 Å². The van der Waals surface area contributed by atoms with Crippen molar-refractivity contribution in [3.05, 3.63) is 0 Å². The van der Waals surface area contributed by atoms with Gasteiger partial charge < -0.3 is 10.2 Å². The van der Waals surface area contributed by atoms with Gasteiger partial charge in [0.2, 0.25) is 0 Å². The molecule has 1 aliphatic heterocycles.